The van der Waals surface area contributed by atoms with E-state index < -0.39 is 51.7 Å². The molecule has 4 rings (SSSR count). The number of aliphatic hydroxyl groups excluding tert-OH is 1. The van der Waals surface area contributed by atoms with Gasteiger partial charge in [0.2, 0.25) is 22.3 Å². The second-order valence-corrected chi connectivity index (χ2v) is 12.3. The van der Waals surface area contributed by atoms with Crippen LogP contribution in [0.5, 0.6) is 5.75 Å². The van der Waals surface area contributed by atoms with E-state index in [1.807, 2.05) is 13.8 Å². The van der Waals surface area contributed by atoms with E-state index in [0.717, 1.165) is 22.7 Å². The Morgan fingerprint density at radius 2 is 1.73 bits per heavy atom. The number of rotatable bonds is 8. The Bertz CT molecular complexity index is 1520. The summed E-state index contributed by atoms with van der Waals surface area (Å²) < 4.78 is 79.3. The monoisotopic (exact) mass is 591 g/mol. The Morgan fingerprint density at radius 1 is 1.10 bits per heavy atom. The first kappa shape index (κ1) is 30.5. The zero-order chi connectivity index (χ0) is 30.1. The summed E-state index contributed by atoms with van der Waals surface area (Å²) in [6, 6.07) is 7.88. The van der Waals surface area contributed by atoms with E-state index in [9.17, 15) is 26.7 Å². The third kappa shape index (κ3) is 7.24. The molecule has 3 aromatic rings. The highest BCUT2D eigenvalue weighted by molar-refractivity contribution is 7.92. The fourth-order valence-corrected chi connectivity index (χ4v) is 4.80. The van der Waals surface area contributed by atoms with Crippen LogP contribution in [-0.2, 0) is 14.8 Å². The van der Waals surface area contributed by atoms with Gasteiger partial charge in [-0.15, -0.1) is 0 Å². The van der Waals surface area contributed by atoms with Gasteiger partial charge in [0.25, 0.3) is 0 Å². The molecule has 1 N–H and O–H groups in total. The maximum atomic E-state index is 14.4. The van der Waals surface area contributed by atoms with Gasteiger partial charge in [-0.2, -0.15) is 0 Å². The van der Waals surface area contributed by atoms with Crippen molar-refractivity contribution < 1.29 is 36.2 Å². The van der Waals surface area contributed by atoms with Crippen molar-refractivity contribution in [2.75, 3.05) is 17.6 Å². The number of anilines is 1. The molecule has 1 unspecified atom stereocenters. The van der Waals surface area contributed by atoms with Crippen molar-refractivity contribution in [1.29, 1.82) is 0 Å². The van der Waals surface area contributed by atoms with Crippen LogP contribution in [-0.4, -0.2) is 55.3 Å². The topological polar surface area (TPSA) is 102 Å². The van der Waals surface area contributed by atoms with Crippen LogP contribution in [0.1, 0.15) is 49.4 Å². The Balaban J connectivity index is 1.72. The molecule has 8 nitrogen and oxygen atoms in total. The maximum absolute atomic E-state index is 14.4. The quantitative estimate of drug-likeness (QED) is 0.377. The highest BCUT2D eigenvalue weighted by Crippen LogP contribution is 2.33. The van der Waals surface area contributed by atoms with E-state index in [-0.39, 0.29) is 24.7 Å². The van der Waals surface area contributed by atoms with Crippen molar-refractivity contribution in [3.8, 4) is 17.0 Å². The molecule has 12 heteroatoms. The summed E-state index contributed by atoms with van der Waals surface area (Å²) in [6.07, 6.45) is 1.86. The van der Waals surface area contributed by atoms with Crippen LogP contribution in [0.15, 0.2) is 42.5 Å². The molecular formula is C29H32F3N3O5S. The van der Waals surface area contributed by atoms with Gasteiger partial charge in [-0.1, -0.05) is 26.0 Å². The number of sulfonamides is 1. The largest absolute Gasteiger partial charge is 0.459 e. The molecule has 0 saturated carbocycles. The van der Waals surface area contributed by atoms with Crippen molar-refractivity contribution in [3.05, 3.63) is 76.7 Å². The van der Waals surface area contributed by atoms with Crippen molar-refractivity contribution in [2.45, 2.75) is 58.0 Å². The lowest BCUT2D eigenvalue weighted by Gasteiger charge is -2.32. The van der Waals surface area contributed by atoms with Gasteiger partial charge in [0.1, 0.15) is 5.82 Å². The van der Waals surface area contributed by atoms with Crippen molar-refractivity contribution >= 4 is 22.0 Å². The lowest BCUT2D eigenvalue weighted by atomic mass is 9.96. The van der Waals surface area contributed by atoms with Gasteiger partial charge >= 0.3 is 0 Å². The van der Waals surface area contributed by atoms with Gasteiger partial charge in [-0.25, -0.2) is 35.9 Å². The van der Waals surface area contributed by atoms with Gasteiger partial charge in [-0.05, 0) is 54.8 Å². The molecule has 0 bridgehead atoms. The number of nitrogens with zero attached hydrogens (tertiary/aromatic N) is 3. The van der Waals surface area contributed by atoms with Gasteiger partial charge in [-0.3, -0.25) is 0 Å². The van der Waals surface area contributed by atoms with Gasteiger partial charge in [0.15, 0.2) is 17.4 Å². The van der Waals surface area contributed by atoms with E-state index in [0.29, 0.717) is 28.1 Å². The van der Waals surface area contributed by atoms with Crippen molar-refractivity contribution in [3.63, 3.8) is 0 Å². The Hall–Kier alpha value is -3.48. The van der Waals surface area contributed by atoms with Gasteiger partial charge < -0.3 is 14.6 Å². The zero-order valence-corrected chi connectivity index (χ0v) is 24.1. The Morgan fingerprint density at radius 3 is 2.32 bits per heavy atom. The summed E-state index contributed by atoms with van der Waals surface area (Å²) in [5.74, 6) is -3.01. The Kier molecular flexibility index (Phi) is 9.05. The van der Waals surface area contributed by atoms with Crippen LogP contribution in [0.25, 0.3) is 17.3 Å². The average molecular weight is 592 g/mol. The molecule has 2 heterocycles. The third-order valence-corrected chi connectivity index (χ3v) is 7.73. The number of aliphatic hydroxyl groups is 1. The molecule has 3 atom stereocenters. The average Bonchev–Trinajstić information content (AvgIpc) is 2.88. The lowest BCUT2D eigenvalue weighted by Crippen LogP contribution is -2.38. The minimum atomic E-state index is -3.68. The number of aryl methyl sites for hydroxylation is 1. The number of hydrogen-bond acceptors (Lipinski definition) is 7. The minimum absolute atomic E-state index is 0.00477. The molecule has 41 heavy (non-hydrogen) atoms. The smallest absolute Gasteiger partial charge is 0.239 e. The molecule has 0 amide bonds. The second-order valence-electron chi connectivity index (χ2n) is 10.3. The number of halogens is 3. The number of aromatic nitrogens is 2. The van der Waals surface area contributed by atoms with Crippen LogP contribution in [0.2, 0.25) is 0 Å². The minimum Gasteiger partial charge on any atom is -0.459 e. The van der Waals surface area contributed by atoms with Crippen LogP contribution in [0.4, 0.5) is 19.1 Å². The number of ether oxygens (including phenoxy) is 2. The molecular weight excluding hydrogens is 559 g/mol. The first-order chi connectivity index (χ1) is 19.2. The summed E-state index contributed by atoms with van der Waals surface area (Å²) >= 11 is 0. The first-order valence-electron chi connectivity index (χ1n) is 13.0. The number of hydrogen-bond donors (Lipinski definition) is 1. The fourth-order valence-electron chi connectivity index (χ4n) is 4.42. The first-order valence-corrected chi connectivity index (χ1v) is 14.8. The van der Waals surface area contributed by atoms with Crippen LogP contribution < -0.4 is 9.04 Å². The van der Waals surface area contributed by atoms with Crippen LogP contribution in [0, 0.1) is 24.4 Å². The number of benzene rings is 2. The summed E-state index contributed by atoms with van der Waals surface area (Å²) in [6.45, 7) is 5.32. The summed E-state index contributed by atoms with van der Waals surface area (Å²) in [5, 5.41) is 10.5. The standard InChI is InChI=1S/C29H32F3N3O5S/c1-16(2)26-22(27(18-6-8-19(30)9-7-18)34-29(33-26)35(4)41(5,37)38)11-10-21-14-20(36)15-25(39-21)40-28-23(31)12-17(3)13-24(28)32/h6-13,16,20-21,25,36H,14-15H2,1-5H3/b11-10+/t20-,21-,25?/m1/s1. The van der Waals surface area contributed by atoms with Crippen molar-refractivity contribution in [1.82, 2.24) is 9.97 Å². The molecule has 2 aromatic carbocycles. The summed E-state index contributed by atoms with van der Waals surface area (Å²) in [5.41, 5.74) is 2.34. The Labute approximate surface area is 237 Å². The predicted molar refractivity (Wildman–Crippen MR) is 149 cm³/mol. The summed E-state index contributed by atoms with van der Waals surface area (Å²) in [7, 11) is -2.33. The van der Waals surface area contributed by atoms with E-state index >= 15 is 0 Å². The van der Waals surface area contributed by atoms with Gasteiger partial charge in [0, 0.05) is 31.0 Å². The highest BCUT2D eigenvalue weighted by Gasteiger charge is 2.30. The molecule has 0 spiro atoms. The zero-order valence-electron chi connectivity index (χ0n) is 23.3. The predicted octanol–water partition coefficient (Wildman–Crippen LogP) is 5.35. The molecule has 1 aliphatic heterocycles. The SMILES string of the molecule is Cc1cc(F)c(OC2C[C@H](O)C[C@@H](/C=C/c3c(-c4ccc(F)cc4)nc(N(C)S(C)(=O)=O)nc3C(C)C)O2)c(F)c1. The normalized spacial score (nSPS) is 19.6. The van der Waals surface area contributed by atoms with E-state index in [2.05, 4.69) is 9.97 Å². The van der Waals surface area contributed by atoms with Gasteiger partial charge in [0.05, 0.1) is 29.9 Å². The molecule has 220 valence electrons. The molecule has 1 fully saturated rings. The third-order valence-electron chi connectivity index (χ3n) is 6.57. The molecule has 0 aliphatic carbocycles. The fraction of sp³-hybridized carbons (Fsp3) is 0.379. The van der Waals surface area contributed by atoms with E-state index in [4.69, 9.17) is 9.47 Å². The lowest BCUT2D eigenvalue weighted by molar-refractivity contribution is -0.163. The second kappa shape index (κ2) is 12.2. The maximum Gasteiger partial charge on any atom is 0.239 e. The van der Waals surface area contributed by atoms with Crippen LogP contribution in [0.3, 0.4) is 0 Å². The molecule has 1 saturated heterocycles. The van der Waals surface area contributed by atoms with E-state index in [1.54, 1.807) is 19.1 Å². The summed E-state index contributed by atoms with van der Waals surface area (Å²) in [4.78, 5) is 9.05. The van der Waals surface area contributed by atoms with Crippen LogP contribution >= 0.6 is 0 Å². The molecule has 1 aliphatic rings. The molecule has 1 aromatic heterocycles. The van der Waals surface area contributed by atoms with Crippen molar-refractivity contribution in [2.24, 2.45) is 0 Å². The molecule has 0 radical (unpaired) electrons. The van der Waals surface area contributed by atoms with E-state index in [1.165, 1.54) is 31.3 Å². The highest BCUT2D eigenvalue weighted by atomic mass is 32.2.